The number of aryl methyl sites for hydroxylation is 1. The number of rotatable bonds is 10. The van der Waals surface area contributed by atoms with Crippen molar-refractivity contribution in [2.24, 2.45) is 0 Å². The zero-order valence-electron chi connectivity index (χ0n) is 19.7. The zero-order valence-corrected chi connectivity index (χ0v) is 20.5. The summed E-state index contributed by atoms with van der Waals surface area (Å²) < 4.78 is 41.1. The highest BCUT2D eigenvalue weighted by molar-refractivity contribution is 7.89. The highest BCUT2D eigenvalue weighted by atomic mass is 32.2. The van der Waals surface area contributed by atoms with Gasteiger partial charge in [0, 0.05) is 25.2 Å². The molecule has 33 heavy (non-hydrogen) atoms. The lowest BCUT2D eigenvalue weighted by molar-refractivity contribution is -0.140. The lowest BCUT2D eigenvalue weighted by atomic mass is 10.1. The summed E-state index contributed by atoms with van der Waals surface area (Å²) in [5.74, 6) is -1.51. The van der Waals surface area contributed by atoms with Crippen LogP contribution in [0.15, 0.2) is 53.4 Å². The van der Waals surface area contributed by atoms with Gasteiger partial charge in [-0.2, -0.15) is 4.31 Å². The summed E-state index contributed by atoms with van der Waals surface area (Å²) in [6, 6.07) is 11.2. The minimum absolute atomic E-state index is 0.0617. The molecule has 0 heterocycles. The SMILES string of the molecule is CC[C@@H](C)NC(=O)[C@H](C)N(Cc1ccccc1F)C(=O)CN(C)S(=O)(=O)c1ccc(C)cc1. The first-order valence-electron chi connectivity index (χ1n) is 10.8. The highest BCUT2D eigenvalue weighted by Crippen LogP contribution is 2.17. The predicted octanol–water partition coefficient (Wildman–Crippen LogP) is 3.09. The molecule has 0 aliphatic rings. The normalized spacial score (nSPS) is 13.4. The third kappa shape index (κ3) is 6.85. The van der Waals surface area contributed by atoms with Crippen molar-refractivity contribution in [3.05, 3.63) is 65.5 Å². The van der Waals surface area contributed by atoms with Gasteiger partial charge in [0.1, 0.15) is 11.9 Å². The third-order valence-electron chi connectivity index (χ3n) is 5.55. The zero-order chi connectivity index (χ0) is 24.8. The second-order valence-corrected chi connectivity index (χ2v) is 10.2. The van der Waals surface area contributed by atoms with Gasteiger partial charge in [0.25, 0.3) is 0 Å². The lowest BCUT2D eigenvalue weighted by Crippen LogP contribution is -2.52. The van der Waals surface area contributed by atoms with Crippen LogP contribution >= 0.6 is 0 Å². The molecule has 0 radical (unpaired) electrons. The topological polar surface area (TPSA) is 86.8 Å². The summed E-state index contributed by atoms with van der Waals surface area (Å²) in [5.41, 5.74) is 1.14. The minimum atomic E-state index is -3.92. The summed E-state index contributed by atoms with van der Waals surface area (Å²) in [4.78, 5) is 27.2. The van der Waals surface area contributed by atoms with E-state index in [1.54, 1.807) is 25.1 Å². The molecule has 180 valence electrons. The van der Waals surface area contributed by atoms with Crippen molar-refractivity contribution < 1.29 is 22.4 Å². The molecule has 0 aromatic heterocycles. The van der Waals surface area contributed by atoms with Gasteiger partial charge in [-0.1, -0.05) is 42.8 Å². The maximum absolute atomic E-state index is 14.3. The fourth-order valence-corrected chi connectivity index (χ4v) is 4.24. The van der Waals surface area contributed by atoms with E-state index < -0.39 is 40.2 Å². The number of sulfonamides is 1. The molecule has 0 fully saturated rings. The van der Waals surface area contributed by atoms with Crippen LogP contribution in [0.1, 0.15) is 38.3 Å². The number of halogens is 1. The Morgan fingerprint density at radius 2 is 1.67 bits per heavy atom. The summed E-state index contributed by atoms with van der Waals surface area (Å²) in [6.45, 7) is 6.49. The Kier molecular flexibility index (Phi) is 9.13. The van der Waals surface area contributed by atoms with E-state index in [1.807, 2.05) is 20.8 Å². The van der Waals surface area contributed by atoms with E-state index in [9.17, 15) is 22.4 Å². The number of likely N-dealkylation sites (N-methyl/N-ethyl adjacent to an activating group) is 1. The molecule has 2 atom stereocenters. The van der Waals surface area contributed by atoms with Gasteiger partial charge in [0.2, 0.25) is 21.8 Å². The molecule has 0 saturated carbocycles. The van der Waals surface area contributed by atoms with Crippen LogP contribution in [0.25, 0.3) is 0 Å². The molecule has 1 N–H and O–H groups in total. The van der Waals surface area contributed by atoms with E-state index in [0.717, 1.165) is 9.87 Å². The molecular weight excluding hydrogens is 445 g/mol. The van der Waals surface area contributed by atoms with Gasteiger partial charge in [-0.15, -0.1) is 0 Å². The number of amides is 2. The van der Waals surface area contributed by atoms with Crippen molar-refractivity contribution in [2.75, 3.05) is 13.6 Å². The Hall–Kier alpha value is -2.78. The number of carbonyl (C=O) groups excluding carboxylic acids is 2. The Morgan fingerprint density at radius 3 is 2.24 bits per heavy atom. The number of nitrogens with one attached hydrogen (secondary N) is 1. The van der Waals surface area contributed by atoms with Crippen molar-refractivity contribution in [1.82, 2.24) is 14.5 Å². The maximum atomic E-state index is 14.3. The van der Waals surface area contributed by atoms with Gasteiger partial charge in [0.05, 0.1) is 11.4 Å². The molecule has 7 nitrogen and oxygen atoms in total. The number of benzene rings is 2. The monoisotopic (exact) mass is 477 g/mol. The lowest BCUT2D eigenvalue weighted by Gasteiger charge is -2.31. The Balaban J connectivity index is 2.29. The molecule has 2 rings (SSSR count). The Labute approximate surface area is 195 Å². The van der Waals surface area contributed by atoms with E-state index in [4.69, 9.17) is 0 Å². The first-order chi connectivity index (χ1) is 15.5. The number of hydrogen-bond acceptors (Lipinski definition) is 4. The second-order valence-electron chi connectivity index (χ2n) is 8.18. The summed E-state index contributed by atoms with van der Waals surface area (Å²) in [6.07, 6.45) is 0.706. The molecule has 0 aliphatic heterocycles. The fraction of sp³-hybridized carbons (Fsp3) is 0.417. The smallest absolute Gasteiger partial charge is 0.243 e. The summed E-state index contributed by atoms with van der Waals surface area (Å²) in [5, 5.41) is 2.82. The third-order valence-corrected chi connectivity index (χ3v) is 7.37. The summed E-state index contributed by atoms with van der Waals surface area (Å²) >= 11 is 0. The van der Waals surface area contributed by atoms with Crippen LogP contribution in [0.2, 0.25) is 0 Å². The van der Waals surface area contributed by atoms with Crippen LogP contribution < -0.4 is 5.32 Å². The van der Waals surface area contributed by atoms with Crippen molar-refractivity contribution in [3.8, 4) is 0 Å². The van der Waals surface area contributed by atoms with Crippen LogP contribution in [0.3, 0.4) is 0 Å². The summed E-state index contributed by atoms with van der Waals surface area (Å²) in [7, 11) is -2.62. The van der Waals surface area contributed by atoms with E-state index in [1.165, 1.54) is 42.3 Å². The maximum Gasteiger partial charge on any atom is 0.243 e. The first-order valence-corrected chi connectivity index (χ1v) is 12.3. The predicted molar refractivity (Wildman–Crippen MR) is 125 cm³/mol. The average molecular weight is 478 g/mol. The van der Waals surface area contributed by atoms with Crippen LogP contribution in [0.4, 0.5) is 4.39 Å². The van der Waals surface area contributed by atoms with Crippen molar-refractivity contribution in [3.63, 3.8) is 0 Å². The molecule has 2 amide bonds. The first kappa shape index (κ1) is 26.5. The van der Waals surface area contributed by atoms with Gasteiger partial charge in [-0.05, 0) is 45.4 Å². The van der Waals surface area contributed by atoms with Gasteiger partial charge in [-0.25, -0.2) is 12.8 Å². The van der Waals surface area contributed by atoms with Crippen molar-refractivity contribution in [2.45, 2.75) is 57.6 Å². The average Bonchev–Trinajstić information content (AvgIpc) is 2.78. The molecule has 0 saturated heterocycles. The van der Waals surface area contributed by atoms with Crippen LogP contribution in [0.5, 0.6) is 0 Å². The molecule has 0 spiro atoms. The van der Waals surface area contributed by atoms with Gasteiger partial charge in [0.15, 0.2) is 0 Å². The van der Waals surface area contributed by atoms with Gasteiger partial charge in [-0.3, -0.25) is 9.59 Å². The Morgan fingerprint density at radius 1 is 1.06 bits per heavy atom. The largest absolute Gasteiger partial charge is 0.352 e. The van der Waals surface area contributed by atoms with Gasteiger partial charge >= 0.3 is 0 Å². The molecular formula is C24H32FN3O4S. The minimum Gasteiger partial charge on any atom is -0.352 e. The van der Waals surface area contributed by atoms with Crippen molar-refractivity contribution in [1.29, 1.82) is 0 Å². The van der Waals surface area contributed by atoms with Gasteiger partial charge < -0.3 is 10.2 Å². The number of hydrogen-bond donors (Lipinski definition) is 1. The van der Waals surface area contributed by atoms with Crippen molar-refractivity contribution >= 4 is 21.8 Å². The standard InChI is InChI=1S/C24H32FN3O4S/c1-6-18(3)26-24(30)19(4)28(15-20-9-7-8-10-22(20)25)23(29)16-27(5)33(31,32)21-13-11-17(2)12-14-21/h7-14,18-19H,6,15-16H2,1-5H3,(H,26,30)/t18-,19+/m1/s1. The number of carbonyl (C=O) groups is 2. The number of nitrogens with zero attached hydrogens (tertiary/aromatic N) is 2. The molecule has 2 aromatic rings. The molecule has 0 unspecified atom stereocenters. The van der Waals surface area contributed by atoms with E-state index in [-0.39, 0.29) is 23.0 Å². The van der Waals surface area contributed by atoms with E-state index >= 15 is 0 Å². The van der Waals surface area contributed by atoms with Crippen LogP contribution in [-0.4, -0.2) is 55.1 Å². The fourth-order valence-electron chi connectivity index (χ4n) is 3.11. The van der Waals surface area contributed by atoms with Crippen LogP contribution in [-0.2, 0) is 26.2 Å². The van der Waals surface area contributed by atoms with Crippen LogP contribution in [0, 0.1) is 12.7 Å². The molecule has 0 bridgehead atoms. The van der Waals surface area contributed by atoms with E-state index in [2.05, 4.69) is 5.32 Å². The Bertz CT molecular complexity index is 1070. The molecule has 0 aliphatic carbocycles. The van der Waals surface area contributed by atoms with E-state index in [0.29, 0.717) is 6.42 Å². The highest BCUT2D eigenvalue weighted by Gasteiger charge is 2.31. The second kappa shape index (κ2) is 11.4. The molecule has 2 aromatic carbocycles. The molecule has 9 heteroatoms. The quantitative estimate of drug-likeness (QED) is 0.570.